The zero-order valence-electron chi connectivity index (χ0n) is 21.4. The quantitative estimate of drug-likeness (QED) is 0.437. The predicted molar refractivity (Wildman–Crippen MR) is 137 cm³/mol. The maximum absolute atomic E-state index is 13.3. The van der Waals surface area contributed by atoms with Crippen LogP contribution in [0.3, 0.4) is 0 Å². The van der Waals surface area contributed by atoms with Crippen LogP contribution in [0.4, 0.5) is 0 Å². The number of sulfonamides is 1. The lowest BCUT2D eigenvalue weighted by molar-refractivity contribution is -0.124. The number of nitrogens with one attached hydrogen (secondary N) is 1. The first-order valence-electron chi connectivity index (χ1n) is 12.1. The van der Waals surface area contributed by atoms with Crippen LogP contribution < -0.4 is 19.5 Å². The highest BCUT2D eigenvalue weighted by Crippen LogP contribution is 2.30. The Kier molecular flexibility index (Phi) is 10.2. The highest BCUT2D eigenvalue weighted by molar-refractivity contribution is 7.89. The molecule has 10 nitrogen and oxygen atoms in total. The van der Waals surface area contributed by atoms with Crippen LogP contribution in [0.15, 0.2) is 41.3 Å². The lowest BCUT2D eigenvalue weighted by Gasteiger charge is -2.21. The second-order valence-electron chi connectivity index (χ2n) is 8.55. The lowest BCUT2D eigenvalue weighted by Crippen LogP contribution is -2.32. The number of hydrogen-bond acceptors (Lipinski definition) is 8. The third kappa shape index (κ3) is 7.36. The fourth-order valence-corrected chi connectivity index (χ4v) is 5.77. The summed E-state index contributed by atoms with van der Waals surface area (Å²) in [6.45, 7) is 0.672. The van der Waals surface area contributed by atoms with E-state index < -0.39 is 28.5 Å². The van der Waals surface area contributed by atoms with Gasteiger partial charge in [-0.2, -0.15) is 4.31 Å². The largest absolute Gasteiger partial charge is 0.495 e. The van der Waals surface area contributed by atoms with Crippen molar-refractivity contribution in [3.05, 3.63) is 47.5 Å². The van der Waals surface area contributed by atoms with Crippen LogP contribution >= 0.6 is 0 Å². The fraction of sp³-hybridized carbons (Fsp3) is 0.462. The maximum Gasteiger partial charge on any atom is 0.338 e. The summed E-state index contributed by atoms with van der Waals surface area (Å²) < 4.78 is 48.9. The first-order valence-corrected chi connectivity index (χ1v) is 13.6. The lowest BCUT2D eigenvalue weighted by atomic mass is 10.1. The van der Waals surface area contributed by atoms with Crippen molar-refractivity contribution < 1.29 is 37.0 Å². The zero-order chi connectivity index (χ0) is 26.8. The van der Waals surface area contributed by atoms with Gasteiger partial charge in [0.15, 0.2) is 18.1 Å². The summed E-state index contributed by atoms with van der Waals surface area (Å²) in [4.78, 5) is 24.7. The highest BCUT2D eigenvalue weighted by Gasteiger charge is 2.29. The van der Waals surface area contributed by atoms with Crippen LogP contribution in [0.1, 0.15) is 41.6 Å². The molecule has 0 aliphatic carbocycles. The molecule has 0 aromatic heterocycles. The minimum absolute atomic E-state index is 0.0207. The van der Waals surface area contributed by atoms with Gasteiger partial charge >= 0.3 is 5.97 Å². The van der Waals surface area contributed by atoms with Gasteiger partial charge in [-0.3, -0.25) is 4.79 Å². The van der Waals surface area contributed by atoms with Gasteiger partial charge in [-0.1, -0.05) is 18.9 Å². The smallest absolute Gasteiger partial charge is 0.338 e. The van der Waals surface area contributed by atoms with E-state index in [4.69, 9.17) is 18.9 Å². The van der Waals surface area contributed by atoms with Crippen molar-refractivity contribution in [3.63, 3.8) is 0 Å². The second kappa shape index (κ2) is 13.3. The van der Waals surface area contributed by atoms with E-state index in [2.05, 4.69) is 5.32 Å². The second-order valence-corrected chi connectivity index (χ2v) is 10.5. The van der Waals surface area contributed by atoms with Gasteiger partial charge in [0.1, 0.15) is 10.6 Å². The van der Waals surface area contributed by atoms with Crippen LogP contribution in [0.2, 0.25) is 0 Å². The summed E-state index contributed by atoms with van der Waals surface area (Å²) in [7, 11) is 0.623. The van der Waals surface area contributed by atoms with Crippen LogP contribution in [0.25, 0.3) is 0 Å². The summed E-state index contributed by atoms with van der Waals surface area (Å²) in [5, 5.41) is 2.70. The van der Waals surface area contributed by atoms with Crippen molar-refractivity contribution in [2.24, 2.45) is 0 Å². The molecule has 0 spiro atoms. The number of benzene rings is 2. The van der Waals surface area contributed by atoms with E-state index >= 15 is 0 Å². The van der Waals surface area contributed by atoms with Gasteiger partial charge < -0.3 is 24.3 Å². The Morgan fingerprint density at radius 2 is 1.51 bits per heavy atom. The molecule has 0 radical (unpaired) electrons. The SMILES string of the molecule is COc1ccc(CCNC(=O)COC(=O)c2ccc(OC)c(S(=O)(=O)N3CCCCCC3)c2)cc1OC. The molecule has 1 aliphatic rings. The topological polar surface area (TPSA) is 120 Å². The fourth-order valence-electron chi connectivity index (χ4n) is 4.07. The number of amides is 1. The van der Waals surface area contributed by atoms with Crippen molar-refractivity contribution >= 4 is 21.9 Å². The maximum atomic E-state index is 13.3. The zero-order valence-corrected chi connectivity index (χ0v) is 22.3. The Hall–Kier alpha value is -3.31. The molecule has 1 N–H and O–H groups in total. The Labute approximate surface area is 217 Å². The van der Waals surface area contributed by atoms with Crippen molar-refractivity contribution in [2.75, 3.05) is 47.6 Å². The third-order valence-electron chi connectivity index (χ3n) is 6.10. The predicted octanol–water partition coefficient (Wildman–Crippen LogP) is 2.79. The van der Waals surface area contributed by atoms with Crippen LogP contribution in [-0.4, -0.2) is 72.2 Å². The first-order chi connectivity index (χ1) is 17.8. The minimum Gasteiger partial charge on any atom is -0.495 e. The molecule has 2 aromatic carbocycles. The minimum atomic E-state index is -3.86. The van der Waals surface area contributed by atoms with Gasteiger partial charge in [0.05, 0.1) is 26.9 Å². The van der Waals surface area contributed by atoms with E-state index in [0.29, 0.717) is 37.6 Å². The number of nitrogens with zero attached hydrogens (tertiary/aromatic N) is 1. The van der Waals surface area contributed by atoms with E-state index in [0.717, 1.165) is 31.2 Å². The molecule has 37 heavy (non-hydrogen) atoms. The molecule has 1 fully saturated rings. The van der Waals surface area contributed by atoms with E-state index in [1.165, 1.54) is 29.6 Å². The van der Waals surface area contributed by atoms with Crippen molar-refractivity contribution in [3.8, 4) is 17.2 Å². The van der Waals surface area contributed by atoms with Gasteiger partial charge in [0.25, 0.3) is 5.91 Å². The molecule has 0 atom stereocenters. The number of methoxy groups -OCH3 is 3. The number of rotatable bonds is 11. The standard InChI is InChI=1S/C26H34N2O8S/c1-33-21-10-8-19(16-23(21)35-3)12-13-27-25(29)18-36-26(30)20-9-11-22(34-2)24(17-20)37(31,32)28-14-6-4-5-7-15-28/h8-11,16-17H,4-7,12-15,18H2,1-3H3,(H,27,29). The summed E-state index contributed by atoms with van der Waals surface area (Å²) in [6, 6.07) is 9.56. The number of carbonyl (C=O) groups excluding carboxylic acids is 2. The van der Waals surface area contributed by atoms with Crippen molar-refractivity contribution in [1.82, 2.24) is 9.62 Å². The molecule has 0 unspecified atom stereocenters. The van der Waals surface area contributed by atoms with E-state index in [-0.39, 0.29) is 16.2 Å². The van der Waals surface area contributed by atoms with Gasteiger partial charge in [-0.25, -0.2) is 13.2 Å². The van der Waals surface area contributed by atoms with E-state index in [1.54, 1.807) is 20.3 Å². The third-order valence-corrected chi connectivity index (χ3v) is 8.02. The summed E-state index contributed by atoms with van der Waals surface area (Å²) >= 11 is 0. The number of ether oxygens (including phenoxy) is 4. The number of carbonyl (C=O) groups is 2. The Bertz CT molecular complexity index is 1190. The molecule has 2 aromatic rings. The van der Waals surface area contributed by atoms with Gasteiger partial charge in [-0.05, 0) is 55.2 Å². The molecular weight excluding hydrogens is 500 g/mol. The molecule has 0 bridgehead atoms. The highest BCUT2D eigenvalue weighted by atomic mass is 32.2. The molecule has 1 heterocycles. The number of hydrogen-bond donors (Lipinski definition) is 1. The molecule has 1 saturated heterocycles. The molecule has 1 aliphatic heterocycles. The van der Waals surface area contributed by atoms with Crippen molar-refractivity contribution in [2.45, 2.75) is 37.0 Å². The van der Waals surface area contributed by atoms with Crippen LogP contribution in [0.5, 0.6) is 17.2 Å². The number of esters is 1. The molecule has 11 heteroatoms. The summed E-state index contributed by atoms with van der Waals surface area (Å²) in [6.07, 6.45) is 4.06. The normalized spacial score (nSPS) is 14.4. The van der Waals surface area contributed by atoms with Gasteiger partial charge in [-0.15, -0.1) is 0 Å². The van der Waals surface area contributed by atoms with Gasteiger partial charge in [0.2, 0.25) is 10.0 Å². The molecule has 3 rings (SSSR count). The van der Waals surface area contributed by atoms with E-state index in [1.807, 2.05) is 12.1 Å². The molecule has 0 saturated carbocycles. The summed E-state index contributed by atoms with van der Waals surface area (Å²) in [5.74, 6) is 0.0820. The average molecular weight is 535 g/mol. The molecular formula is C26H34N2O8S. The Morgan fingerprint density at radius 1 is 0.865 bits per heavy atom. The first kappa shape index (κ1) is 28.3. The van der Waals surface area contributed by atoms with Crippen molar-refractivity contribution in [1.29, 1.82) is 0 Å². The van der Waals surface area contributed by atoms with Crippen LogP contribution in [-0.2, 0) is 26.0 Å². The van der Waals surface area contributed by atoms with E-state index in [9.17, 15) is 18.0 Å². The Balaban J connectivity index is 1.58. The van der Waals surface area contributed by atoms with Crippen LogP contribution in [0, 0.1) is 0 Å². The van der Waals surface area contributed by atoms with Gasteiger partial charge in [0, 0.05) is 19.6 Å². The Morgan fingerprint density at radius 3 is 2.16 bits per heavy atom. The average Bonchev–Trinajstić information content (AvgIpc) is 3.21. The molecule has 1 amide bonds. The molecule has 202 valence electrons. The monoisotopic (exact) mass is 534 g/mol. The summed E-state index contributed by atoms with van der Waals surface area (Å²) in [5.41, 5.74) is 0.957.